The third kappa shape index (κ3) is 4.90. The van der Waals surface area contributed by atoms with E-state index in [1.165, 1.54) is 31.3 Å². The summed E-state index contributed by atoms with van der Waals surface area (Å²) >= 11 is 0. The Morgan fingerprint density at radius 3 is 3.00 bits per heavy atom. The van der Waals surface area contributed by atoms with Gasteiger partial charge in [-0.25, -0.2) is 9.97 Å². The number of nitriles is 1. The van der Waals surface area contributed by atoms with Gasteiger partial charge in [-0.2, -0.15) is 5.26 Å². The van der Waals surface area contributed by atoms with Crippen LogP contribution in [0.3, 0.4) is 0 Å². The summed E-state index contributed by atoms with van der Waals surface area (Å²) in [5.41, 5.74) is 2.81. The van der Waals surface area contributed by atoms with Crippen LogP contribution in [-0.4, -0.2) is 22.4 Å². The molecule has 0 bridgehead atoms. The van der Waals surface area contributed by atoms with Crippen LogP contribution in [0.4, 0.5) is 11.6 Å². The number of aromatic nitrogens is 2. The van der Waals surface area contributed by atoms with E-state index in [9.17, 15) is 4.79 Å². The molecule has 0 atom stereocenters. The van der Waals surface area contributed by atoms with Gasteiger partial charge in [0, 0.05) is 18.4 Å². The fourth-order valence-electron chi connectivity index (χ4n) is 2.90. The Morgan fingerprint density at radius 2 is 2.19 bits per heavy atom. The molecule has 1 aliphatic rings. The van der Waals surface area contributed by atoms with Gasteiger partial charge in [0.05, 0.1) is 11.6 Å². The first-order valence-corrected chi connectivity index (χ1v) is 8.81. The number of amides is 1. The fraction of sp³-hybridized carbons (Fsp3) is 0.300. The van der Waals surface area contributed by atoms with E-state index in [0.717, 1.165) is 13.0 Å². The van der Waals surface area contributed by atoms with E-state index < -0.39 is 0 Å². The fourth-order valence-corrected chi connectivity index (χ4v) is 2.90. The van der Waals surface area contributed by atoms with Gasteiger partial charge in [0.1, 0.15) is 5.69 Å². The number of benzene rings is 1. The van der Waals surface area contributed by atoms with E-state index in [-0.39, 0.29) is 11.6 Å². The Balaban J connectivity index is 1.58. The normalized spacial score (nSPS) is 13.4. The second kappa shape index (κ2) is 8.77. The highest BCUT2D eigenvalue weighted by molar-refractivity contribution is 6.03. The third-order valence-corrected chi connectivity index (χ3v) is 4.25. The van der Waals surface area contributed by atoms with Gasteiger partial charge in [-0.05, 0) is 56.4 Å². The molecule has 3 rings (SSSR count). The number of rotatable bonds is 6. The molecule has 132 valence electrons. The first kappa shape index (κ1) is 17.6. The molecule has 0 saturated heterocycles. The second-order valence-corrected chi connectivity index (χ2v) is 6.20. The monoisotopic (exact) mass is 347 g/mol. The first-order valence-electron chi connectivity index (χ1n) is 8.81. The molecule has 0 aliphatic heterocycles. The molecular formula is C20H21N5O. The van der Waals surface area contributed by atoms with Crippen molar-refractivity contribution in [3.63, 3.8) is 0 Å². The number of allylic oxidation sites excluding steroid dienone is 1. The molecule has 1 aromatic heterocycles. The molecule has 0 unspecified atom stereocenters. The Bertz CT molecular complexity index is 853. The summed E-state index contributed by atoms with van der Waals surface area (Å²) in [6, 6.07) is 10.4. The molecule has 1 aromatic carbocycles. The van der Waals surface area contributed by atoms with Gasteiger partial charge < -0.3 is 10.6 Å². The molecule has 6 heteroatoms. The number of carbonyl (C=O) groups is 1. The molecule has 1 amide bonds. The standard InChI is InChI=1S/C20H21N5O/c21-14-16-7-4-8-17(13-16)24-19(26)18-10-12-23-20(25-18)22-11-9-15-5-2-1-3-6-15/h4-5,7-8,10,12-13H,1-3,6,9,11H2,(H,24,26)(H,22,23,25). The third-order valence-electron chi connectivity index (χ3n) is 4.25. The second-order valence-electron chi connectivity index (χ2n) is 6.20. The topological polar surface area (TPSA) is 90.7 Å². The molecule has 0 radical (unpaired) electrons. The number of hydrogen-bond donors (Lipinski definition) is 2. The van der Waals surface area contributed by atoms with Gasteiger partial charge in [0.25, 0.3) is 5.91 Å². The van der Waals surface area contributed by atoms with E-state index in [2.05, 4.69) is 26.7 Å². The zero-order valence-electron chi connectivity index (χ0n) is 14.5. The van der Waals surface area contributed by atoms with Gasteiger partial charge in [-0.1, -0.05) is 17.7 Å². The van der Waals surface area contributed by atoms with Crippen LogP contribution in [0.25, 0.3) is 0 Å². The lowest BCUT2D eigenvalue weighted by atomic mass is 9.97. The van der Waals surface area contributed by atoms with Crippen LogP contribution in [-0.2, 0) is 0 Å². The highest BCUT2D eigenvalue weighted by Gasteiger charge is 2.10. The smallest absolute Gasteiger partial charge is 0.274 e. The maximum atomic E-state index is 12.4. The van der Waals surface area contributed by atoms with Crippen LogP contribution in [0.1, 0.15) is 48.2 Å². The van der Waals surface area contributed by atoms with E-state index >= 15 is 0 Å². The van der Waals surface area contributed by atoms with Crippen LogP contribution in [0, 0.1) is 11.3 Å². The molecule has 1 heterocycles. The van der Waals surface area contributed by atoms with Crippen LogP contribution in [0.2, 0.25) is 0 Å². The average Bonchev–Trinajstić information content (AvgIpc) is 2.69. The van der Waals surface area contributed by atoms with Crippen molar-refractivity contribution >= 4 is 17.5 Å². The van der Waals surface area contributed by atoms with E-state index in [4.69, 9.17) is 5.26 Å². The van der Waals surface area contributed by atoms with Crippen LogP contribution >= 0.6 is 0 Å². The summed E-state index contributed by atoms with van der Waals surface area (Å²) in [6.07, 6.45) is 9.77. The molecule has 26 heavy (non-hydrogen) atoms. The number of hydrogen-bond acceptors (Lipinski definition) is 5. The Kier molecular flexibility index (Phi) is 5.94. The predicted molar refractivity (Wildman–Crippen MR) is 101 cm³/mol. The summed E-state index contributed by atoms with van der Waals surface area (Å²) in [6.45, 7) is 0.751. The Labute approximate surface area is 153 Å². The highest BCUT2D eigenvalue weighted by Crippen LogP contribution is 2.19. The molecular weight excluding hydrogens is 326 g/mol. The van der Waals surface area contributed by atoms with E-state index in [1.807, 2.05) is 6.07 Å². The Hall–Kier alpha value is -3.20. The highest BCUT2D eigenvalue weighted by atomic mass is 16.1. The van der Waals surface area contributed by atoms with Gasteiger partial charge in [-0.15, -0.1) is 0 Å². The molecule has 0 spiro atoms. The van der Waals surface area contributed by atoms with E-state index in [1.54, 1.807) is 36.5 Å². The predicted octanol–water partition coefficient (Wildman–Crippen LogP) is 3.90. The van der Waals surface area contributed by atoms with Crippen LogP contribution < -0.4 is 10.6 Å². The van der Waals surface area contributed by atoms with Gasteiger partial charge in [-0.3, -0.25) is 4.79 Å². The van der Waals surface area contributed by atoms with Crippen LogP contribution in [0.15, 0.2) is 48.2 Å². The molecule has 0 saturated carbocycles. The number of nitrogens with one attached hydrogen (secondary N) is 2. The lowest BCUT2D eigenvalue weighted by Crippen LogP contribution is -2.16. The maximum Gasteiger partial charge on any atom is 0.274 e. The quantitative estimate of drug-likeness (QED) is 0.773. The van der Waals surface area contributed by atoms with Crippen molar-refractivity contribution in [1.82, 2.24) is 9.97 Å². The summed E-state index contributed by atoms with van der Waals surface area (Å²) in [5.74, 6) is 0.111. The van der Waals surface area contributed by atoms with Gasteiger partial charge in [0.15, 0.2) is 0 Å². The van der Waals surface area contributed by atoms with Crippen molar-refractivity contribution in [2.75, 3.05) is 17.2 Å². The summed E-state index contributed by atoms with van der Waals surface area (Å²) < 4.78 is 0. The van der Waals surface area contributed by atoms with Crippen molar-refractivity contribution in [2.45, 2.75) is 32.1 Å². The number of anilines is 2. The average molecular weight is 347 g/mol. The van der Waals surface area contributed by atoms with Crippen molar-refractivity contribution in [1.29, 1.82) is 5.26 Å². The lowest BCUT2D eigenvalue weighted by molar-refractivity contribution is 0.102. The Morgan fingerprint density at radius 1 is 1.27 bits per heavy atom. The van der Waals surface area contributed by atoms with Gasteiger partial charge in [0.2, 0.25) is 5.95 Å². The van der Waals surface area contributed by atoms with Crippen LogP contribution in [0.5, 0.6) is 0 Å². The summed E-state index contributed by atoms with van der Waals surface area (Å²) in [7, 11) is 0. The minimum atomic E-state index is -0.333. The summed E-state index contributed by atoms with van der Waals surface area (Å²) in [5, 5.41) is 14.9. The largest absolute Gasteiger partial charge is 0.354 e. The van der Waals surface area contributed by atoms with Crippen molar-refractivity contribution in [3.8, 4) is 6.07 Å². The molecule has 2 aromatic rings. The van der Waals surface area contributed by atoms with E-state index in [0.29, 0.717) is 17.2 Å². The maximum absolute atomic E-state index is 12.4. The van der Waals surface area contributed by atoms with Crippen molar-refractivity contribution in [3.05, 3.63) is 59.4 Å². The number of carbonyl (C=O) groups excluding carboxylic acids is 1. The first-order chi connectivity index (χ1) is 12.7. The molecule has 0 fully saturated rings. The lowest BCUT2D eigenvalue weighted by Gasteiger charge is -2.13. The molecule has 1 aliphatic carbocycles. The number of nitrogens with zero attached hydrogens (tertiary/aromatic N) is 3. The SMILES string of the molecule is N#Cc1cccc(NC(=O)c2ccnc(NCCC3=CCCCC3)n2)c1. The zero-order valence-corrected chi connectivity index (χ0v) is 14.5. The minimum absolute atomic E-state index is 0.279. The molecule has 2 N–H and O–H groups in total. The minimum Gasteiger partial charge on any atom is -0.354 e. The molecule has 6 nitrogen and oxygen atoms in total. The van der Waals surface area contributed by atoms with Crippen molar-refractivity contribution < 1.29 is 4.79 Å². The summed E-state index contributed by atoms with van der Waals surface area (Å²) in [4.78, 5) is 20.8. The van der Waals surface area contributed by atoms with Gasteiger partial charge >= 0.3 is 0 Å². The van der Waals surface area contributed by atoms with Crippen molar-refractivity contribution in [2.24, 2.45) is 0 Å². The zero-order chi connectivity index (χ0) is 18.2.